The number of halogens is 1. The lowest BCUT2D eigenvalue weighted by molar-refractivity contribution is 0.347. The van der Waals surface area contributed by atoms with Crippen LogP contribution in [0.1, 0.15) is 27.6 Å². The van der Waals surface area contributed by atoms with E-state index in [2.05, 4.69) is 27.4 Å². The molecule has 0 saturated heterocycles. The van der Waals surface area contributed by atoms with Gasteiger partial charge in [-0.2, -0.15) is 4.31 Å². The second-order valence-electron chi connectivity index (χ2n) is 6.43. The molecule has 6 heteroatoms. The van der Waals surface area contributed by atoms with Gasteiger partial charge in [0.25, 0.3) is 0 Å². The number of thiophene rings is 1. The lowest BCUT2D eigenvalue weighted by atomic mass is 9.95. The van der Waals surface area contributed by atoms with Gasteiger partial charge in [0.1, 0.15) is 0 Å². The Balaban J connectivity index is 1.83. The zero-order valence-electron chi connectivity index (χ0n) is 14.2. The summed E-state index contributed by atoms with van der Waals surface area (Å²) in [4.78, 5) is 1.61. The molecule has 1 unspecified atom stereocenters. The van der Waals surface area contributed by atoms with Crippen molar-refractivity contribution in [2.75, 3.05) is 6.54 Å². The molecule has 0 amide bonds. The molecule has 1 aromatic heterocycles. The Morgan fingerprint density at radius 2 is 1.73 bits per heavy atom. The van der Waals surface area contributed by atoms with E-state index in [-0.39, 0.29) is 6.04 Å². The van der Waals surface area contributed by atoms with Crippen molar-refractivity contribution >= 4 is 37.3 Å². The molecule has 0 fully saturated rings. The second-order valence-corrected chi connectivity index (χ2v) is 10.2. The molecule has 2 heterocycles. The molecular formula is C20H18BrNO2S2. The van der Waals surface area contributed by atoms with Gasteiger partial charge < -0.3 is 0 Å². The fourth-order valence-corrected chi connectivity index (χ4v) is 6.15. The van der Waals surface area contributed by atoms with Crippen LogP contribution in [-0.2, 0) is 16.4 Å². The lowest BCUT2D eigenvalue weighted by Crippen LogP contribution is -2.40. The van der Waals surface area contributed by atoms with Crippen molar-refractivity contribution in [3.05, 3.63) is 86.0 Å². The molecule has 1 aliphatic rings. The van der Waals surface area contributed by atoms with Gasteiger partial charge in [-0.05, 0) is 60.2 Å². The molecule has 3 nitrogen and oxygen atoms in total. The average molecular weight is 448 g/mol. The van der Waals surface area contributed by atoms with E-state index in [1.54, 1.807) is 39.9 Å². The van der Waals surface area contributed by atoms with Crippen LogP contribution in [0.5, 0.6) is 0 Å². The molecule has 0 N–H and O–H groups in total. The van der Waals surface area contributed by atoms with Crippen molar-refractivity contribution < 1.29 is 8.42 Å². The highest BCUT2D eigenvalue weighted by Crippen LogP contribution is 2.40. The molecule has 0 bridgehead atoms. The molecule has 1 aliphatic heterocycles. The third-order valence-electron chi connectivity index (χ3n) is 4.74. The predicted octanol–water partition coefficient (Wildman–Crippen LogP) is 5.16. The smallest absolute Gasteiger partial charge is 0.207 e. The highest BCUT2D eigenvalue weighted by atomic mass is 79.9. The van der Waals surface area contributed by atoms with Crippen molar-refractivity contribution in [3.8, 4) is 0 Å². The van der Waals surface area contributed by atoms with E-state index >= 15 is 0 Å². The molecule has 2 aromatic carbocycles. The standard InChI is InChI=1S/C20H18BrNO2S2/c1-14-2-4-15(5-3-14)20-18-11-13-25-19(18)10-12-22(20)26(23,24)17-8-6-16(21)7-9-17/h2-9,11,13,20H,10,12H2,1H3. The van der Waals surface area contributed by atoms with Crippen LogP contribution >= 0.6 is 27.3 Å². The summed E-state index contributed by atoms with van der Waals surface area (Å²) in [5.41, 5.74) is 3.28. The van der Waals surface area contributed by atoms with Crippen molar-refractivity contribution in [3.63, 3.8) is 0 Å². The molecule has 0 saturated carbocycles. The Labute approximate surface area is 166 Å². The summed E-state index contributed by atoms with van der Waals surface area (Å²) >= 11 is 5.08. The van der Waals surface area contributed by atoms with Crippen LogP contribution in [0.3, 0.4) is 0 Å². The van der Waals surface area contributed by atoms with E-state index < -0.39 is 10.0 Å². The molecule has 3 aromatic rings. The maximum absolute atomic E-state index is 13.4. The van der Waals surface area contributed by atoms with Gasteiger partial charge in [0.2, 0.25) is 10.0 Å². The molecule has 26 heavy (non-hydrogen) atoms. The predicted molar refractivity (Wildman–Crippen MR) is 109 cm³/mol. The minimum absolute atomic E-state index is 0.278. The van der Waals surface area contributed by atoms with Gasteiger partial charge in [-0.25, -0.2) is 8.42 Å². The zero-order valence-corrected chi connectivity index (χ0v) is 17.4. The Morgan fingerprint density at radius 3 is 2.42 bits per heavy atom. The number of hydrogen-bond donors (Lipinski definition) is 0. The fourth-order valence-electron chi connectivity index (χ4n) is 3.39. The number of nitrogens with zero attached hydrogens (tertiary/aromatic N) is 1. The Hall–Kier alpha value is -1.47. The topological polar surface area (TPSA) is 37.4 Å². The number of benzene rings is 2. The van der Waals surface area contributed by atoms with E-state index in [4.69, 9.17) is 0 Å². The van der Waals surface area contributed by atoms with Crippen LogP contribution in [0.15, 0.2) is 69.3 Å². The van der Waals surface area contributed by atoms with Gasteiger partial charge in [0, 0.05) is 15.9 Å². The minimum Gasteiger partial charge on any atom is -0.207 e. The summed E-state index contributed by atoms with van der Waals surface area (Å²) in [5, 5.41) is 2.06. The number of aryl methyl sites for hydroxylation is 1. The summed E-state index contributed by atoms with van der Waals surface area (Å²) < 4.78 is 29.3. The van der Waals surface area contributed by atoms with Gasteiger partial charge in [0.05, 0.1) is 10.9 Å². The summed E-state index contributed by atoms with van der Waals surface area (Å²) in [5.74, 6) is 0. The first kappa shape index (κ1) is 17.9. The minimum atomic E-state index is -3.59. The number of sulfonamides is 1. The van der Waals surface area contributed by atoms with Gasteiger partial charge in [-0.15, -0.1) is 11.3 Å². The molecule has 0 aliphatic carbocycles. The number of rotatable bonds is 3. The van der Waals surface area contributed by atoms with Crippen LogP contribution < -0.4 is 0 Å². The van der Waals surface area contributed by atoms with Crippen molar-refractivity contribution in [1.82, 2.24) is 4.31 Å². The molecule has 0 spiro atoms. The quantitative estimate of drug-likeness (QED) is 0.556. The molecule has 0 radical (unpaired) electrons. The van der Waals surface area contributed by atoms with Crippen molar-refractivity contribution in [1.29, 1.82) is 0 Å². The van der Waals surface area contributed by atoms with Crippen molar-refractivity contribution in [2.24, 2.45) is 0 Å². The number of fused-ring (bicyclic) bond motifs is 1. The van der Waals surface area contributed by atoms with Gasteiger partial charge in [-0.3, -0.25) is 0 Å². The number of hydrogen-bond acceptors (Lipinski definition) is 3. The van der Waals surface area contributed by atoms with Crippen LogP contribution in [0, 0.1) is 6.92 Å². The normalized spacial score (nSPS) is 17.8. The maximum Gasteiger partial charge on any atom is 0.243 e. The van der Waals surface area contributed by atoms with E-state index in [1.807, 2.05) is 31.2 Å². The first-order valence-corrected chi connectivity index (χ1v) is 11.5. The first-order chi connectivity index (χ1) is 12.5. The summed E-state index contributed by atoms with van der Waals surface area (Å²) in [6, 6.07) is 16.8. The van der Waals surface area contributed by atoms with Crippen LogP contribution in [0.4, 0.5) is 0 Å². The van der Waals surface area contributed by atoms with E-state index in [0.717, 1.165) is 27.6 Å². The summed E-state index contributed by atoms with van der Waals surface area (Å²) in [7, 11) is -3.59. The van der Waals surface area contributed by atoms with E-state index in [9.17, 15) is 8.42 Å². The van der Waals surface area contributed by atoms with E-state index in [1.165, 1.54) is 4.88 Å². The average Bonchev–Trinajstić information content (AvgIpc) is 3.11. The largest absolute Gasteiger partial charge is 0.243 e. The molecule has 1 atom stereocenters. The van der Waals surface area contributed by atoms with Crippen LogP contribution in [0.25, 0.3) is 0 Å². The Kier molecular flexibility index (Phi) is 4.77. The van der Waals surface area contributed by atoms with Crippen molar-refractivity contribution in [2.45, 2.75) is 24.3 Å². The Bertz CT molecular complexity index is 1020. The first-order valence-electron chi connectivity index (χ1n) is 8.37. The van der Waals surface area contributed by atoms with Gasteiger partial charge in [0.15, 0.2) is 0 Å². The summed E-state index contributed by atoms with van der Waals surface area (Å²) in [6.45, 7) is 2.53. The van der Waals surface area contributed by atoms with Gasteiger partial charge >= 0.3 is 0 Å². The lowest BCUT2D eigenvalue weighted by Gasteiger charge is -2.35. The van der Waals surface area contributed by atoms with Crippen LogP contribution in [0.2, 0.25) is 0 Å². The monoisotopic (exact) mass is 447 g/mol. The van der Waals surface area contributed by atoms with Gasteiger partial charge in [-0.1, -0.05) is 45.8 Å². The second kappa shape index (κ2) is 6.93. The zero-order chi connectivity index (χ0) is 18.3. The Morgan fingerprint density at radius 1 is 1.04 bits per heavy atom. The molecular weight excluding hydrogens is 430 g/mol. The third kappa shape index (κ3) is 3.16. The van der Waals surface area contributed by atoms with E-state index in [0.29, 0.717) is 11.4 Å². The fraction of sp³-hybridized carbons (Fsp3) is 0.200. The highest BCUT2D eigenvalue weighted by molar-refractivity contribution is 9.10. The maximum atomic E-state index is 13.4. The summed E-state index contributed by atoms with van der Waals surface area (Å²) in [6.07, 6.45) is 0.755. The molecule has 4 rings (SSSR count). The SMILES string of the molecule is Cc1ccc(C2c3ccsc3CCN2S(=O)(=O)c2ccc(Br)cc2)cc1. The molecule has 134 valence electrons. The highest BCUT2D eigenvalue weighted by Gasteiger charge is 2.37. The van der Waals surface area contributed by atoms with Crippen LogP contribution in [-0.4, -0.2) is 19.3 Å². The third-order valence-corrected chi connectivity index (χ3v) is 8.14.